The average Bonchev–Trinajstić information content (AvgIpc) is 2.94. The van der Waals surface area contributed by atoms with Gasteiger partial charge in [-0.05, 0) is 43.4 Å². The van der Waals surface area contributed by atoms with E-state index >= 15 is 0 Å². The fourth-order valence-electron chi connectivity index (χ4n) is 3.39. The Morgan fingerprint density at radius 3 is 2.32 bits per heavy atom. The molecule has 0 saturated carbocycles. The van der Waals surface area contributed by atoms with E-state index in [0.29, 0.717) is 0 Å². The van der Waals surface area contributed by atoms with Crippen LogP contribution in [0.2, 0.25) is 0 Å². The Morgan fingerprint density at radius 1 is 1.00 bits per heavy atom. The van der Waals surface area contributed by atoms with Gasteiger partial charge in [0.15, 0.2) is 0 Å². The summed E-state index contributed by atoms with van der Waals surface area (Å²) in [5.74, 6) is 0. The van der Waals surface area contributed by atoms with E-state index in [9.17, 15) is 0 Å². The SMILES string of the molecule is CCCCCCCCc1ccc(N2CCC(N)(CC)C2)cc1. The fourth-order valence-corrected chi connectivity index (χ4v) is 3.39. The average molecular weight is 303 g/mol. The van der Waals surface area contributed by atoms with Crippen LogP contribution in [0.25, 0.3) is 0 Å². The van der Waals surface area contributed by atoms with Gasteiger partial charge in [0, 0.05) is 24.3 Å². The minimum Gasteiger partial charge on any atom is -0.370 e. The zero-order chi connectivity index (χ0) is 15.8. The van der Waals surface area contributed by atoms with Gasteiger partial charge >= 0.3 is 0 Å². The number of aryl methyl sites for hydroxylation is 1. The maximum absolute atomic E-state index is 6.39. The van der Waals surface area contributed by atoms with Gasteiger partial charge in [0.1, 0.15) is 0 Å². The van der Waals surface area contributed by atoms with E-state index < -0.39 is 0 Å². The molecule has 0 radical (unpaired) electrons. The van der Waals surface area contributed by atoms with Crippen molar-refractivity contribution in [1.82, 2.24) is 0 Å². The number of hydrogen-bond donors (Lipinski definition) is 1. The second-order valence-corrected chi connectivity index (χ2v) is 7.07. The summed E-state index contributed by atoms with van der Waals surface area (Å²) < 4.78 is 0. The second kappa shape index (κ2) is 8.57. The van der Waals surface area contributed by atoms with E-state index in [2.05, 4.69) is 43.0 Å². The van der Waals surface area contributed by atoms with Crippen molar-refractivity contribution in [2.45, 2.75) is 77.2 Å². The third kappa shape index (κ3) is 5.01. The number of nitrogens with two attached hydrogens (primary N) is 1. The van der Waals surface area contributed by atoms with Crippen LogP contribution in [0.4, 0.5) is 5.69 Å². The Kier molecular flexibility index (Phi) is 6.75. The fraction of sp³-hybridized carbons (Fsp3) is 0.700. The third-order valence-electron chi connectivity index (χ3n) is 5.21. The summed E-state index contributed by atoms with van der Waals surface area (Å²) in [6.45, 7) is 6.58. The van der Waals surface area contributed by atoms with Gasteiger partial charge in [-0.1, -0.05) is 58.1 Å². The number of hydrogen-bond acceptors (Lipinski definition) is 2. The molecule has 1 atom stereocenters. The van der Waals surface area contributed by atoms with Crippen LogP contribution in [0.5, 0.6) is 0 Å². The lowest BCUT2D eigenvalue weighted by Gasteiger charge is -2.24. The van der Waals surface area contributed by atoms with Gasteiger partial charge in [0.05, 0.1) is 0 Å². The van der Waals surface area contributed by atoms with Gasteiger partial charge in [0.25, 0.3) is 0 Å². The van der Waals surface area contributed by atoms with Crippen LogP contribution < -0.4 is 10.6 Å². The first-order chi connectivity index (χ1) is 10.7. The lowest BCUT2D eigenvalue weighted by atomic mass is 9.97. The van der Waals surface area contributed by atoms with Crippen molar-refractivity contribution in [3.8, 4) is 0 Å². The molecule has 0 amide bonds. The van der Waals surface area contributed by atoms with Crippen LogP contribution in [0.1, 0.15) is 70.8 Å². The summed E-state index contributed by atoms with van der Waals surface area (Å²) >= 11 is 0. The lowest BCUT2D eigenvalue weighted by molar-refractivity contribution is 0.456. The maximum Gasteiger partial charge on any atom is 0.0367 e. The summed E-state index contributed by atoms with van der Waals surface area (Å²) in [7, 11) is 0. The van der Waals surface area contributed by atoms with Gasteiger partial charge < -0.3 is 10.6 Å². The van der Waals surface area contributed by atoms with Gasteiger partial charge in [0.2, 0.25) is 0 Å². The zero-order valence-corrected chi connectivity index (χ0v) is 14.6. The molecule has 1 fully saturated rings. The van der Waals surface area contributed by atoms with Crippen LogP contribution >= 0.6 is 0 Å². The number of benzene rings is 1. The molecule has 1 saturated heterocycles. The highest BCUT2D eigenvalue weighted by atomic mass is 15.2. The molecule has 1 aliphatic rings. The molecule has 1 unspecified atom stereocenters. The van der Waals surface area contributed by atoms with Crippen LogP contribution in [0, 0.1) is 0 Å². The highest BCUT2D eigenvalue weighted by Crippen LogP contribution is 2.27. The number of anilines is 1. The van der Waals surface area contributed by atoms with Crippen molar-refractivity contribution in [2.24, 2.45) is 5.73 Å². The van der Waals surface area contributed by atoms with Crippen LogP contribution in [-0.2, 0) is 6.42 Å². The largest absolute Gasteiger partial charge is 0.370 e. The summed E-state index contributed by atoms with van der Waals surface area (Å²) in [4.78, 5) is 2.44. The molecule has 0 aromatic heterocycles. The standard InChI is InChI=1S/C20H34N2/c1-3-5-6-7-8-9-10-18-11-13-19(14-12-18)22-16-15-20(21,4-2)17-22/h11-14H,3-10,15-17,21H2,1-2H3. The Morgan fingerprint density at radius 2 is 1.68 bits per heavy atom. The van der Waals surface area contributed by atoms with E-state index in [1.165, 1.54) is 56.2 Å². The molecular formula is C20H34N2. The molecule has 1 aromatic carbocycles. The van der Waals surface area contributed by atoms with Gasteiger partial charge in [-0.3, -0.25) is 0 Å². The molecule has 1 heterocycles. The van der Waals surface area contributed by atoms with E-state index in [1.54, 1.807) is 0 Å². The Hall–Kier alpha value is -1.02. The van der Waals surface area contributed by atoms with Crippen LogP contribution in [-0.4, -0.2) is 18.6 Å². The highest BCUT2D eigenvalue weighted by Gasteiger charge is 2.32. The molecule has 0 bridgehead atoms. The first-order valence-corrected chi connectivity index (χ1v) is 9.29. The smallest absolute Gasteiger partial charge is 0.0367 e. The monoisotopic (exact) mass is 302 g/mol. The molecular weight excluding hydrogens is 268 g/mol. The molecule has 2 nitrogen and oxygen atoms in total. The molecule has 2 rings (SSSR count). The Balaban J connectivity index is 1.74. The van der Waals surface area contributed by atoms with E-state index in [1.807, 2.05) is 0 Å². The normalized spacial score (nSPS) is 21.5. The third-order valence-corrected chi connectivity index (χ3v) is 5.21. The second-order valence-electron chi connectivity index (χ2n) is 7.07. The molecule has 22 heavy (non-hydrogen) atoms. The number of nitrogens with zero attached hydrogens (tertiary/aromatic N) is 1. The summed E-state index contributed by atoms with van der Waals surface area (Å²) in [6.07, 6.45) is 11.6. The van der Waals surface area contributed by atoms with E-state index in [-0.39, 0.29) is 5.54 Å². The van der Waals surface area contributed by atoms with E-state index in [0.717, 1.165) is 25.9 Å². The lowest BCUT2D eigenvalue weighted by Crippen LogP contribution is -2.41. The summed E-state index contributed by atoms with van der Waals surface area (Å²) in [6, 6.07) is 9.19. The van der Waals surface area contributed by atoms with Crippen molar-refractivity contribution in [3.05, 3.63) is 29.8 Å². The van der Waals surface area contributed by atoms with Crippen molar-refractivity contribution >= 4 is 5.69 Å². The Labute approximate surface area is 137 Å². The first kappa shape index (κ1) is 17.3. The molecule has 1 aromatic rings. The number of rotatable bonds is 9. The minimum absolute atomic E-state index is 0.0250. The Bertz CT molecular complexity index is 426. The minimum atomic E-state index is 0.0250. The van der Waals surface area contributed by atoms with Gasteiger partial charge in [-0.15, -0.1) is 0 Å². The predicted octanol–water partition coefficient (Wildman–Crippen LogP) is 4.91. The quantitative estimate of drug-likeness (QED) is 0.657. The van der Waals surface area contributed by atoms with Crippen molar-refractivity contribution < 1.29 is 0 Å². The highest BCUT2D eigenvalue weighted by molar-refractivity contribution is 5.49. The summed E-state index contributed by atoms with van der Waals surface area (Å²) in [5, 5.41) is 0. The summed E-state index contributed by atoms with van der Waals surface area (Å²) in [5.41, 5.74) is 9.23. The first-order valence-electron chi connectivity index (χ1n) is 9.29. The molecule has 1 aliphatic heterocycles. The zero-order valence-electron chi connectivity index (χ0n) is 14.6. The van der Waals surface area contributed by atoms with Gasteiger partial charge in [-0.25, -0.2) is 0 Å². The number of unbranched alkanes of at least 4 members (excludes halogenated alkanes) is 5. The molecule has 0 spiro atoms. The molecule has 124 valence electrons. The molecule has 2 N–H and O–H groups in total. The van der Waals surface area contributed by atoms with Crippen molar-refractivity contribution in [3.63, 3.8) is 0 Å². The van der Waals surface area contributed by atoms with Crippen LogP contribution in [0.15, 0.2) is 24.3 Å². The maximum atomic E-state index is 6.39. The topological polar surface area (TPSA) is 29.3 Å². The van der Waals surface area contributed by atoms with Crippen molar-refractivity contribution in [1.29, 1.82) is 0 Å². The molecule has 2 heteroatoms. The molecule has 0 aliphatic carbocycles. The predicted molar refractivity (Wildman–Crippen MR) is 97.6 cm³/mol. The van der Waals surface area contributed by atoms with Crippen molar-refractivity contribution in [2.75, 3.05) is 18.0 Å². The van der Waals surface area contributed by atoms with E-state index in [4.69, 9.17) is 5.73 Å². The van der Waals surface area contributed by atoms with Gasteiger partial charge in [-0.2, -0.15) is 0 Å². The van der Waals surface area contributed by atoms with Crippen LogP contribution in [0.3, 0.4) is 0 Å².